The third-order valence-electron chi connectivity index (χ3n) is 2.96. The molecule has 0 radical (unpaired) electrons. The first-order valence-electron chi connectivity index (χ1n) is 6.12. The molecule has 0 unspecified atom stereocenters. The van der Waals surface area contributed by atoms with Gasteiger partial charge in [0.05, 0.1) is 12.6 Å². The summed E-state index contributed by atoms with van der Waals surface area (Å²) in [7, 11) is 1.66. The van der Waals surface area contributed by atoms with Crippen LogP contribution in [-0.4, -0.2) is 12.1 Å². The van der Waals surface area contributed by atoms with Crippen LogP contribution in [-0.2, 0) is 0 Å². The van der Waals surface area contributed by atoms with Gasteiger partial charge in [0.15, 0.2) is 0 Å². The second kappa shape index (κ2) is 4.98. The van der Waals surface area contributed by atoms with Crippen molar-refractivity contribution >= 4 is 22.4 Å². The number of hydrogen-bond donors (Lipinski definition) is 1. The van der Waals surface area contributed by atoms with Gasteiger partial charge in [0.1, 0.15) is 11.6 Å². The molecule has 1 heterocycles. The summed E-state index contributed by atoms with van der Waals surface area (Å²) in [5.41, 5.74) is 1.98. The van der Waals surface area contributed by atoms with Crippen LogP contribution in [0.25, 0.3) is 10.9 Å². The number of rotatable bonds is 3. The van der Waals surface area contributed by atoms with E-state index in [0.717, 1.165) is 28.2 Å². The molecule has 94 valence electrons. The molecule has 1 aromatic heterocycles. The molecular weight excluding hydrogens is 236 g/mol. The lowest BCUT2D eigenvalue weighted by atomic mass is 10.2. The van der Waals surface area contributed by atoms with Crippen molar-refractivity contribution in [1.29, 1.82) is 0 Å². The van der Waals surface area contributed by atoms with E-state index in [1.54, 1.807) is 7.11 Å². The van der Waals surface area contributed by atoms with Crippen LogP contribution in [0.15, 0.2) is 60.7 Å². The van der Waals surface area contributed by atoms with E-state index in [9.17, 15) is 0 Å². The van der Waals surface area contributed by atoms with Crippen LogP contribution in [0.1, 0.15) is 0 Å². The van der Waals surface area contributed by atoms with Crippen LogP contribution in [0.3, 0.4) is 0 Å². The van der Waals surface area contributed by atoms with Gasteiger partial charge in [0.2, 0.25) is 0 Å². The second-order valence-electron chi connectivity index (χ2n) is 4.24. The lowest BCUT2D eigenvalue weighted by molar-refractivity contribution is 0.415. The normalized spacial score (nSPS) is 10.4. The average molecular weight is 250 g/mol. The van der Waals surface area contributed by atoms with Gasteiger partial charge in [-0.25, -0.2) is 4.98 Å². The maximum absolute atomic E-state index is 5.13. The summed E-state index contributed by atoms with van der Waals surface area (Å²) in [6.45, 7) is 0. The molecule has 1 N–H and O–H groups in total. The number of benzene rings is 2. The van der Waals surface area contributed by atoms with Gasteiger partial charge >= 0.3 is 0 Å². The van der Waals surface area contributed by atoms with Crippen molar-refractivity contribution in [2.24, 2.45) is 0 Å². The second-order valence-corrected chi connectivity index (χ2v) is 4.24. The van der Waals surface area contributed by atoms with Crippen molar-refractivity contribution in [2.75, 3.05) is 12.4 Å². The fourth-order valence-electron chi connectivity index (χ4n) is 1.96. The fraction of sp³-hybridized carbons (Fsp3) is 0.0625. The van der Waals surface area contributed by atoms with Crippen molar-refractivity contribution in [3.05, 3.63) is 60.7 Å². The lowest BCUT2D eigenvalue weighted by Crippen LogP contribution is -1.93. The first kappa shape index (κ1) is 11.5. The Balaban J connectivity index is 1.87. The number of ether oxygens (including phenoxy) is 1. The van der Waals surface area contributed by atoms with Crippen molar-refractivity contribution in [1.82, 2.24) is 4.98 Å². The van der Waals surface area contributed by atoms with Gasteiger partial charge in [0, 0.05) is 11.1 Å². The number of hydrogen-bond acceptors (Lipinski definition) is 3. The monoisotopic (exact) mass is 250 g/mol. The van der Waals surface area contributed by atoms with Crippen LogP contribution in [0.4, 0.5) is 11.5 Å². The predicted octanol–water partition coefficient (Wildman–Crippen LogP) is 3.99. The van der Waals surface area contributed by atoms with Gasteiger partial charge < -0.3 is 10.1 Å². The summed E-state index contributed by atoms with van der Waals surface area (Å²) < 4.78 is 5.13. The fourth-order valence-corrected chi connectivity index (χ4v) is 1.96. The highest BCUT2D eigenvalue weighted by Gasteiger charge is 1.99. The molecule has 19 heavy (non-hydrogen) atoms. The number of anilines is 2. The molecule has 0 atom stereocenters. The van der Waals surface area contributed by atoms with Crippen LogP contribution in [0, 0.1) is 0 Å². The summed E-state index contributed by atoms with van der Waals surface area (Å²) in [5, 5.41) is 4.42. The molecular formula is C16H14N2O. The van der Waals surface area contributed by atoms with E-state index < -0.39 is 0 Å². The molecule has 0 spiro atoms. The average Bonchev–Trinajstić information content (AvgIpc) is 2.48. The number of pyridine rings is 1. The molecule has 0 bridgehead atoms. The minimum absolute atomic E-state index is 0.837. The Kier molecular flexibility index (Phi) is 3.02. The minimum atomic E-state index is 0.837. The van der Waals surface area contributed by atoms with E-state index in [2.05, 4.69) is 22.4 Å². The van der Waals surface area contributed by atoms with E-state index in [1.807, 2.05) is 48.5 Å². The third-order valence-corrected chi connectivity index (χ3v) is 2.96. The smallest absolute Gasteiger partial charge is 0.131 e. The third kappa shape index (κ3) is 2.50. The SMILES string of the molecule is COc1ccc(Nc2ccc3ccccc3n2)cc1. The van der Waals surface area contributed by atoms with Crippen molar-refractivity contribution in [3.8, 4) is 5.75 Å². The van der Waals surface area contributed by atoms with E-state index in [4.69, 9.17) is 4.74 Å². The van der Waals surface area contributed by atoms with Gasteiger partial charge in [-0.1, -0.05) is 18.2 Å². The topological polar surface area (TPSA) is 34.1 Å². The molecule has 3 heteroatoms. The zero-order valence-electron chi connectivity index (χ0n) is 10.6. The molecule has 0 aliphatic rings. The Morgan fingerprint density at radius 1 is 0.895 bits per heavy atom. The number of para-hydroxylation sites is 1. The molecule has 0 aliphatic carbocycles. The Morgan fingerprint density at radius 2 is 1.68 bits per heavy atom. The van der Waals surface area contributed by atoms with Crippen molar-refractivity contribution in [2.45, 2.75) is 0 Å². The summed E-state index contributed by atoms with van der Waals surface area (Å²) in [6, 6.07) is 19.9. The molecule has 3 rings (SSSR count). The first-order valence-corrected chi connectivity index (χ1v) is 6.12. The maximum Gasteiger partial charge on any atom is 0.131 e. The number of nitrogens with zero attached hydrogens (tertiary/aromatic N) is 1. The zero-order valence-corrected chi connectivity index (χ0v) is 10.6. The van der Waals surface area contributed by atoms with Gasteiger partial charge in [-0.15, -0.1) is 0 Å². The Hall–Kier alpha value is -2.55. The molecule has 3 aromatic rings. The molecule has 0 aliphatic heterocycles. The number of nitrogens with one attached hydrogen (secondary N) is 1. The predicted molar refractivity (Wildman–Crippen MR) is 78.0 cm³/mol. The molecule has 2 aromatic carbocycles. The zero-order chi connectivity index (χ0) is 13.1. The van der Waals surface area contributed by atoms with Gasteiger partial charge in [-0.05, 0) is 42.5 Å². The minimum Gasteiger partial charge on any atom is -0.497 e. The van der Waals surface area contributed by atoms with E-state index >= 15 is 0 Å². The Labute approximate surface area is 111 Å². The van der Waals surface area contributed by atoms with Crippen molar-refractivity contribution < 1.29 is 4.74 Å². The highest BCUT2D eigenvalue weighted by atomic mass is 16.5. The number of fused-ring (bicyclic) bond motifs is 1. The molecule has 3 nitrogen and oxygen atoms in total. The number of aromatic nitrogens is 1. The summed E-state index contributed by atoms with van der Waals surface area (Å²) in [4.78, 5) is 4.57. The number of methoxy groups -OCH3 is 1. The van der Waals surface area contributed by atoms with Crippen LogP contribution in [0.5, 0.6) is 5.75 Å². The first-order chi connectivity index (χ1) is 9.35. The van der Waals surface area contributed by atoms with E-state index in [1.165, 1.54) is 0 Å². The molecule has 0 fully saturated rings. The van der Waals surface area contributed by atoms with Crippen LogP contribution in [0.2, 0.25) is 0 Å². The van der Waals surface area contributed by atoms with E-state index in [-0.39, 0.29) is 0 Å². The molecule has 0 saturated heterocycles. The van der Waals surface area contributed by atoms with Crippen LogP contribution >= 0.6 is 0 Å². The highest BCUT2D eigenvalue weighted by molar-refractivity contribution is 5.80. The Bertz CT molecular complexity index is 692. The summed E-state index contributed by atoms with van der Waals surface area (Å²) in [5.74, 6) is 1.68. The largest absolute Gasteiger partial charge is 0.497 e. The van der Waals surface area contributed by atoms with E-state index in [0.29, 0.717) is 0 Å². The van der Waals surface area contributed by atoms with Crippen molar-refractivity contribution in [3.63, 3.8) is 0 Å². The quantitative estimate of drug-likeness (QED) is 0.763. The standard InChI is InChI=1S/C16H14N2O/c1-19-14-9-7-13(8-10-14)17-16-11-6-12-4-2-3-5-15(12)18-16/h2-11H,1H3,(H,17,18). The van der Waals surface area contributed by atoms with Gasteiger partial charge in [-0.3, -0.25) is 0 Å². The summed E-state index contributed by atoms with van der Waals surface area (Å²) >= 11 is 0. The van der Waals surface area contributed by atoms with Gasteiger partial charge in [-0.2, -0.15) is 0 Å². The highest BCUT2D eigenvalue weighted by Crippen LogP contribution is 2.20. The van der Waals surface area contributed by atoms with Crippen LogP contribution < -0.4 is 10.1 Å². The molecule has 0 amide bonds. The molecule has 0 saturated carbocycles. The lowest BCUT2D eigenvalue weighted by Gasteiger charge is -2.07. The Morgan fingerprint density at radius 3 is 2.47 bits per heavy atom. The summed E-state index contributed by atoms with van der Waals surface area (Å²) in [6.07, 6.45) is 0. The van der Waals surface area contributed by atoms with Gasteiger partial charge in [0.25, 0.3) is 0 Å². The maximum atomic E-state index is 5.13.